The van der Waals surface area contributed by atoms with Crippen LogP contribution in [0, 0.1) is 20.8 Å². The van der Waals surface area contributed by atoms with E-state index in [2.05, 4.69) is 15.4 Å². The number of carbonyl (C=O) groups excluding carboxylic acids is 3. The molecule has 3 N–H and O–H groups in total. The van der Waals surface area contributed by atoms with E-state index in [1.54, 1.807) is 45.0 Å². The average Bonchev–Trinajstić information content (AvgIpc) is 3.07. The monoisotopic (exact) mass is 515 g/mol. The Labute approximate surface area is 207 Å². The maximum atomic E-state index is 13.2. The number of benzene rings is 2. The lowest BCUT2D eigenvalue weighted by Gasteiger charge is -2.13. The van der Waals surface area contributed by atoms with Crippen LogP contribution in [-0.4, -0.2) is 32.9 Å². The van der Waals surface area contributed by atoms with Gasteiger partial charge in [-0.1, -0.05) is 29.8 Å². The number of thiophene rings is 1. The highest BCUT2D eigenvalue weighted by atomic mass is 32.2. The van der Waals surface area contributed by atoms with Crippen LogP contribution in [0.15, 0.2) is 53.4 Å². The normalized spacial score (nSPS) is 11.0. The zero-order valence-electron chi connectivity index (χ0n) is 19.6. The van der Waals surface area contributed by atoms with Gasteiger partial charge < -0.3 is 10.1 Å². The zero-order chi connectivity index (χ0) is 25.8. The van der Waals surface area contributed by atoms with Crippen LogP contribution in [0.5, 0.6) is 0 Å². The average molecular weight is 516 g/mol. The van der Waals surface area contributed by atoms with E-state index in [9.17, 15) is 22.8 Å². The lowest BCUT2D eigenvalue weighted by molar-refractivity contribution is 0.0925. The van der Waals surface area contributed by atoms with Gasteiger partial charge >= 0.3 is 6.09 Å². The largest absolute Gasteiger partial charge is 0.450 e. The second-order valence-electron chi connectivity index (χ2n) is 7.58. The van der Waals surface area contributed by atoms with Gasteiger partial charge in [0.25, 0.3) is 21.8 Å². The van der Waals surface area contributed by atoms with Crippen molar-refractivity contribution in [1.82, 2.24) is 5.32 Å². The quantitative estimate of drug-likeness (QED) is 0.421. The van der Waals surface area contributed by atoms with Crippen LogP contribution in [-0.2, 0) is 14.8 Å². The van der Waals surface area contributed by atoms with Crippen LogP contribution in [0.3, 0.4) is 0 Å². The third kappa shape index (κ3) is 6.06. The Balaban J connectivity index is 1.88. The smallest absolute Gasteiger partial charge is 0.414 e. The summed E-state index contributed by atoms with van der Waals surface area (Å²) in [6.07, 6.45) is -0.895. The molecular formula is C24H25N3O6S2. The lowest BCUT2D eigenvalue weighted by Crippen LogP contribution is -2.32. The number of carbonyl (C=O) groups is 3. The van der Waals surface area contributed by atoms with Crippen LogP contribution in [0.4, 0.5) is 15.5 Å². The van der Waals surface area contributed by atoms with E-state index in [1.807, 2.05) is 6.92 Å². The number of para-hydroxylation sites is 1. The van der Waals surface area contributed by atoms with Gasteiger partial charge in [-0.05, 0) is 57.5 Å². The Morgan fingerprint density at radius 1 is 0.943 bits per heavy atom. The molecule has 0 bridgehead atoms. The van der Waals surface area contributed by atoms with Gasteiger partial charge in [0.1, 0.15) is 5.00 Å². The third-order valence-corrected chi connectivity index (χ3v) is 7.58. The highest BCUT2D eigenvalue weighted by Crippen LogP contribution is 2.33. The SMILES string of the molecule is CCOC(=O)NC(=O)c1c(NC(=O)c2ccccc2NS(=O)(=O)c2ccc(C)cc2)sc(C)c1C. The van der Waals surface area contributed by atoms with Crippen LogP contribution < -0.4 is 15.4 Å². The van der Waals surface area contributed by atoms with Gasteiger partial charge in [0.15, 0.2) is 0 Å². The molecule has 1 heterocycles. The van der Waals surface area contributed by atoms with Crippen molar-refractivity contribution in [3.8, 4) is 0 Å². The van der Waals surface area contributed by atoms with Crippen molar-refractivity contribution in [2.75, 3.05) is 16.6 Å². The number of aryl methyl sites for hydroxylation is 2. The number of amides is 3. The second-order valence-corrected chi connectivity index (χ2v) is 10.5. The first-order valence-corrected chi connectivity index (χ1v) is 12.9. The van der Waals surface area contributed by atoms with E-state index >= 15 is 0 Å². The molecule has 0 fully saturated rings. The molecule has 11 heteroatoms. The van der Waals surface area contributed by atoms with Crippen molar-refractivity contribution in [2.45, 2.75) is 32.6 Å². The fourth-order valence-electron chi connectivity index (χ4n) is 3.17. The van der Waals surface area contributed by atoms with Gasteiger partial charge in [-0.2, -0.15) is 0 Å². The molecule has 184 valence electrons. The molecule has 3 rings (SSSR count). The second kappa shape index (κ2) is 10.7. The number of nitrogens with one attached hydrogen (secondary N) is 3. The maximum absolute atomic E-state index is 13.2. The summed E-state index contributed by atoms with van der Waals surface area (Å²) in [5, 5.41) is 5.04. The Morgan fingerprint density at radius 3 is 2.26 bits per heavy atom. The first kappa shape index (κ1) is 25.9. The Kier molecular flexibility index (Phi) is 7.92. The summed E-state index contributed by atoms with van der Waals surface area (Å²) >= 11 is 1.17. The van der Waals surface area contributed by atoms with Crippen molar-refractivity contribution >= 4 is 50.0 Å². The van der Waals surface area contributed by atoms with Crippen molar-refractivity contribution < 1.29 is 27.5 Å². The molecule has 35 heavy (non-hydrogen) atoms. The standard InChI is InChI=1S/C24H25N3O6S2/c1-5-33-24(30)26-22(29)20-15(3)16(4)34-23(20)25-21(28)18-8-6-7-9-19(18)27-35(31,32)17-12-10-14(2)11-13-17/h6-13,27H,5H2,1-4H3,(H,25,28)(H,26,29,30). The van der Waals surface area contributed by atoms with Gasteiger partial charge in [0, 0.05) is 4.88 Å². The number of alkyl carbamates (subject to hydrolysis) is 1. The van der Waals surface area contributed by atoms with Gasteiger partial charge in [-0.25, -0.2) is 13.2 Å². The number of sulfonamides is 1. The fourth-order valence-corrected chi connectivity index (χ4v) is 5.31. The lowest BCUT2D eigenvalue weighted by atomic mass is 10.1. The molecule has 0 aliphatic carbocycles. The highest BCUT2D eigenvalue weighted by molar-refractivity contribution is 7.92. The maximum Gasteiger partial charge on any atom is 0.414 e. The number of ether oxygens (including phenoxy) is 1. The summed E-state index contributed by atoms with van der Waals surface area (Å²) in [5.41, 5.74) is 1.77. The first-order chi connectivity index (χ1) is 16.5. The number of hydrogen-bond acceptors (Lipinski definition) is 7. The first-order valence-electron chi connectivity index (χ1n) is 10.6. The molecule has 0 radical (unpaired) electrons. The minimum atomic E-state index is -3.95. The van der Waals surface area contributed by atoms with Crippen molar-refractivity contribution in [3.63, 3.8) is 0 Å². The van der Waals surface area contributed by atoms with Gasteiger partial charge in [0.05, 0.1) is 28.3 Å². The molecule has 2 aromatic carbocycles. The van der Waals surface area contributed by atoms with Crippen molar-refractivity contribution in [2.24, 2.45) is 0 Å². The Hall–Kier alpha value is -3.70. The summed E-state index contributed by atoms with van der Waals surface area (Å²) in [5.74, 6) is -1.34. The highest BCUT2D eigenvalue weighted by Gasteiger charge is 2.25. The number of imide groups is 1. The molecule has 3 aromatic rings. The molecular weight excluding hydrogens is 490 g/mol. The minimum Gasteiger partial charge on any atom is -0.450 e. The topological polar surface area (TPSA) is 131 Å². The van der Waals surface area contributed by atoms with Crippen LogP contribution >= 0.6 is 11.3 Å². The molecule has 0 aliphatic heterocycles. The summed E-state index contributed by atoms with van der Waals surface area (Å²) in [7, 11) is -3.95. The molecule has 3 amide bonds. The summed E-state index contributed by atoms with van der Waals surface area (Å²) < 4.78 is 32.9. The predicted octanol–water partition coefficient (Wildman–Crippen LogP) is 4.61. The van der Waals surface area contributed by atoms with E-state index in [4.69, 9.17) is 4.74 Å². The van der Waals surface area contributed by atoms with Crippen molar-refractivity contribution in [1.29, 1.82) is 0 Å². The number of anilines is 2. The Bertz CT molecular complexity index is 1380. The number of hydrogen-bond donors (Lipinski definition) is 3. The van der Waals surface area contributed by atoms with Crippen LogP contribution in [0.2, 0.25) is 0 Å². The van der Waals surface area contributed by atoms with Gasteiger partial charge in [0.2, 0.25) is 0 Å². The molecule has 0 atom stereocenters. The summed E-state index contributed by atoms with van der Waals surface area (Å²) in [6, 6.07) is 12.4. The molecule has 0 spiro atoms. The summed E-state index contributed by atoms with van der Waals surface area (Å²) in [4.78, 5) is 38.4. The Morgan fingerprint density at radius 2 is 1.60 bits per heavy atom. The van der Waals surface area contributed by atoms with Gasteiger partial charge in [-0.15, -0.1) is 11.3 Å². The predicted molar refractivity (Wildman–Crippen MR) is 135 cm³/mol. The molecule has 9 nitrogen and oxygen atoms in total. The molecule has 0 saturated heterocycles. The molecule has 0 saturated carbocycles. The molecule has 0 aliphatic rings. The van der Waals surface area contributed by atoms with E-state index in [0.717, 1.165) is 10.4 Å². The van der Waals surface area contributed by atoms with E-state index in [0.29, 0.717) is 5.56 Å². The minimum absolute atomic E-state index is 0.0562. The van der Waals surface area contributed by atoms with E-state index < -0.39 is 27.9 Å². The van der Waals surface area contributed by atoms with Crippen LogP contribution in [0.25, 0.3) is 0 Å². The molecule has 1 aromatic heterocycles. The number of rotatable bonds is 7. The van der Waals surface area contributed by atoms with E-state index in [-0.39, 0.29) is 33.3 Å². The van der Waals surface area contributed by atoms with Gasteiger partial charge in [-0.3, -0.25) is 19.6 Å². The third-order valence-electron chi connectivity index (χ3n) is 5.08. The summed E-state index contributed by atoms with van der Waals surface area (Å²) in [6.45, 7) is 7.03. The van der Waals surface area contributed by atoms with Crippen LogP contribution in [0.1, 0.15) is 43.6 Å². The zero-order valence-corrected chi connectivity index (χ0v) is 21.2. The molecule has 0 unspecified atom stereocenters. The fraction of sp³-hybridized carbons (Fsp3) is 0.208. The van der Waals surface area contributed by atoms with Crippen molar-refractivity contribution in [3.05, 3.63) is 75.7 Å². The van der Waals surface area contributed by atoms with E-state index in [1.165, 1.54) is 35.6 Å².